The van der Waals surface area contributed by atoms with E-state index in [4.69, 9.17) is 5.11 Å². The van der Waals surface area contributed by atoms with Crippen molar-refractivity contribution in [3.63, 3.8) is 0 Å². The lowest BCUT2D eigenvalue weighted by Gasteiger charge is -2.25. The summed E-state index contributed by atoms with van der Waals surface area (Å²) in [5.74, 6) is -0.601. The molecule has 2 amide bonds. The van der Waals surface area contributed by atoms with Crippen LogP contribution in [0.1, 0.15) is 40.5 Å². The maximum atomic E-state index is 11.9. The van der Waals surface area contributed by atoms with Crippen LogP contribution in [-0.4, -0.2) is 41.1 Å². The van der Waals surface area contributed by atoms with Crippen molar-refractivity contribution in [2.45, 2.75) is 46.6 Å². The number of hydrogen-bond donors (Lipinski definition) is 2. The first-order valence-electron chi connectivity index (χ1n) is 6.20. The van der Waals surface area contributed by atoms with Gasteiger partial charge in [-0.3, -0.25) is 0 Å². The molecule has 5 nitrogen and oxygen atoms in total. The summed E-state index contributed by atoms with van der Waals surface area (Å²) in [6.07, 6.45) is 1.19. The van der Waals surface area contributed by atoms with Gasteiger partial charge in [0.05, 0.1) is 0 Å². The molecule has 0 radical (unpaired) electrons. The van der Waals surface area contributed by atoms with Gasteiger partial charge in [-0.1, -0.05) is 27.2 Å². The van der Waals surface area contributed by atoms with E-state index in [-0.39, 0.29) is 6.03 Å². The first-order valence-corrected chi connectivity index (χ1v) is 6.20. The molecule has 0 rings (SSSR count). The van der Waals surface area contributed by atoms with Crippen LogP contribution in [0, 0.1) is 5.92 Å². The molecule has 17 heavy (non-hydrogen) atoms. The van der Waals surface area contributed by atoms with Crippen molar-refractivity contribution in [2.75, 3.05) is 13.1 Å². The van der Waals surface area contributed by atoms with E-state index >= 15 is 0 Å². The number of urea groups is 1. The summed E-state index contributed by atoms with van der Waals surface area (Å²) < 4.78 is 0. The summed E-state index contributed by atoms with van der Waals surface area (Å²) in [6.45, 7) is 9.06. The highest BCUT2D eigenvalue weighted by Crippen LogP contribution is 2.02. The van der Waals surface area contributed by atoms with Crippen LogP contribution in [0.4, 0.5) is 4.79 Å². The second kappa shape index (κ2) is 7.92. The second-order valence-corrected chi connectivity index (χ2v) is 4.56. The minimum Gasteiger partial charge on any atom is -0.480 e. The van der Waals surface area contributed by atoms with Gasteiger partial charge < -0.3 is 15.3 Å². The highest BCUT2D eigenvalue weighted by atomic mass is 16.4. The summed E-state index contributed by atoms with van der Waals surface area (Å²) in [5.41, 5.74) is 0. The van der Waals surface area contributed by atoms with Crippen LogP contribution in [0.3, 0.4) is 0 Å². The maximum Gasteiger partial charge on any atom is 0.326 e. The fraction of sp³-hybridized carbons (Fsp3) is 0.833. The van der Waals surface area contributed by atoms with E-state index in [2.05, 4.69) is 5.32 Å². The van der Waals surface area contributed by atoms with Gasteiger partial charge in [-0.05, 0) is 19.3 Å². The van der Waals surface area contributed by atoms with Gasteiger partial charge in [0.25, 0.3) is 0 Å². The number of carboxylic acid groups (broad SMARTS) is 1. The summed E-state index contributed by atoms with van der Waals surface area (Å²) in [4.78, 5) is 24.4. The molecule has 0 saturated carbocycles. The molecule has 0 aliphatic rings. The lowest BCUT2D eigenvalue weighted by molar-refractivity contribution is -0.139. The predicted molar refractivity (Wildman–Crippen MR) is 66.9 cm³/mol. The highest BCUT2D eigenvalue weighted by Gasteiger charge is 2.21. The quantitative estimate of drug-likeness (QED) is 0.719. The third-order valence-corrected chi connectivity index (χ3v) is 2.43. The molecule has 0 bridgehead atoms. The van der Waals surface area contributed by atoms with E-state index in [0.29, 0.717) is 25.4 Å². The van der Waals surface area contributed by atoms with Gasteiger partial charge >= 0.3 is 12.0 Å². The lowest BCUT2D eigenvalue weighted by Crippen LogP contribution is -2.48. The molecule has 0 unspecified atom stereocenters. The molecule has 0 saturated heterocycles. The number of aliphatic carboxylic acids is 1. The zero-order valence-electron chi connectivity index (χ0n) is 11.2. The average molecular weight is 244 g/mol. The predicted octanol–water partition coefficient (Wildman–Crippen LogP) is 1.93. The normalized spacial score (nSPS) is 12.3. The number of carbonyl (C=O) groups is 2. The number of amides is 2. The Kier molecular flexibility index (Phi) is 7.34. The van der Waals surface area contributed by atoms with Crippen molar-refractivity contribution in [3.05, 3.63) is 0 Å². The lowest BCUT2D eigenvalue weighted by atomic mass is 10.1. The number of hydrogen-bond acceptors (Lipinski definition) is 2. The fourth-order valence-corrected chi connectivity index (χ4v) is 1.58. The minimum absolute atomic E-state index is 0.290. The van der Waals surface area contributed by atoms with Crippen LogP contribution in [0.15, 0.2) is 0 Å². The van der Waals surface area contributed by atoms with E-state index < -0.39 is 12.0 Å². The zero-order chi connectivity index (χ0) is 13.4. The third kappa shape index (κ3) is 6.14. The van der Waals surface area contributed by atoms with Crippen LogP contribution in [-0.2, 0) is 4.79 Å². The Morgan fingerprint density at radius 3 is 2.24 bits per heavy atom. The minimum atomic E-state index is -0.971. The molecular weight excluding hydrogens is 220 g/mol. The molecule has 0 aromatic carbocycles. The Hall–Kier alpha value is -1.26. The van der Waals surface area contributed by atoms with Gasteiger partial charge in [-0.2, -0.15) is 0 Å². The van der Waals surface area contributed by atoms with E-state index in [9.17, 15) is 9.59 Å². The van der Waals surface area contributed by atoms with Crippen LogP contribution in [0.5, 0.6) is 0 Å². The summed E-state index contributed by atoms with van der Waals surface area (Å²) >= 11 is 0. The van der Waals surface area contributed by atoms with E-state index in [1.807, 2.05) is 27.7 Å². The van der Waals surface area contributed by atoms with Gasteiger partial charge in [-0.15, -0.1) is 0 Å². The van der Waals surface area contributed by atoms with Crippen molar-refractivity contribution >= 4 is 12.0 Å². The van der Waals surface area contributed by atoms with Crippen molar-refractivity contribution < 1.29 is 14.7 Å². The van der Waals surface area contributed by atoms with Crippen molar-refractivity contribution in [1.29, 1.82) is 0 Å². The molecule has 0 spiro atoms. The molecule has 0 aliphatic heterocycles. The van der Waals surface area contributed by atoms with Gasteiger partial charge in [0.15, 0.2) is 0 Å². The molecule has 2 N–H and O–H groups in total. The van der Waals surface area contributed by atoms with Crippen molar-refractivity contribution in [1.82, 2.24) is 10.2 Å². The highest BCUT2D eigenvalue weighted by molar-refractivity contribution is 5.82. The smallest absolute Gasteiger partial charge is 0.326 e. The SMILES string of the molecule is CCC[C@H](NC(=O)N(CC)CC(C)C)C(=O)O. The number of nitrogens with one attached hydrogen (secondary N) is 1. The van der Waals surface area contributed by atoms with E-state index in [1.165, 1.54) is 0 Å². The van der Waals surface area contributed by atoms with Crippen molar-refractivity contribution in [2.24, 2.45) is 5.92 Å². The molecule has 100 valence electrons. The zero-order valence-corrected chi connectivity index (χ0v) is 11.2. The largest absolute Gasteiger partial charge is 0.480 e. The number of rotatable bonds is 7. The van der Waals surface area contributed by atoms with Gasteiger partial charge in [-0.25, -0.2) is 9.59 Å². The van der Waals surface area contributed by atoms with Gasteiger partial charge in [0.2, 0.25) is 0 Å². The van der Waals surface area contributed by atoms with Crippen LogP contribution >= 0.6 is 0 Å². The average Bonchev–Trinajstić information content (AvgIpc) is 2.24. The van der Waals surface area contributed by atoms with E-state index in [0.717, 1.165) is 6.42 Å². The van der Waals surface area contributed by atoms with Crippen molar-refractivity contribution in [3.8, 4) is 0 Å². The Balaban J connectivity index is 4.40. The van der Waals surface area contributed by atoms with Crippen LogP contribution < -0.4 is 5.32 Å². The van der Waals surface area contributed by atoms with Crippen LogP contribution in [0.2, 0.25) is 0 Å². The molecule has 0 aliphatic carbocycles. The Bertz CT molecular complexity index is 254. The van der Waals surface area contributed by atoms with Gasteiger partial charge in [0.1, 0.15) is 6.04 Å². The molecule has 0 aromatic heterocycles. The number of carbonyl (C=O) groups excluding carboxylic acids is 1. The first kappa shape index (κ1) is 15.7. The molecule has 0 fully saturated rings. The maximum absolute atomic E-state index is 11.9. The van der Waals surface area contributed by atoms with Gasteiger partial charge in [0, 0.05) is 13.1 Å². The molecule has 1 atom stereocenters. The molecule has 0 aromatic rings. The van der Waals surface area contributed by atoms with Crippen LogP contribution in [0.25, 0.3) is 0 Å². The third-order valence-electron chi connectivity index (χ3n) is 2.43. The Morgan fingerprint density at radius 2 is 1.88 bits per heavy atom. The summed E-state index contributed by atoms with van der Waals surface area (Å²) in [7, 11) is 0. The second-order valence-electron chi connectivity index (χ2n) is 4.56. The monoisotopic (exact) mass is 244 g/mol. The Labute approximate surface area is 103 Å². The molecular formula is C12H24N2O3. The summed E-state index contributed by atoms with van der Waals surface area (Å²) in [5, 5.41) is 11.5. The number of carboxylic acids is 1. The standard InChI is InChI=1S/C12H24N2O3/c1-5-7-10(11(15)16)13-12(17)14(6-2)8-9(3)4/h9-10H,5-8H2,1-4H3,(H,13,17)(H,15,16)/t10-/m0/s1. The molecule has 5 heteroatoms. The fourth-order valence-electron chi connectivity index (χ4n) is 1.58. The Morgan fingerprint density at radius 1 is 1.29 bits per heavy atom. The van der Waals surface area contributed by atoms with E-state index in [1.54, 1.807) is 4.90 Å². The topological polar surface area (TPSA) is 69.6 Å². The number of nitrogens with zero attached hydrogens (tertiary/aromatic N) is 1. The first-order chi connectivity index (χ1) is 7.92. The molecule has 0 heterocycles. The summed E-state index contributed by atoms with van der Waals surface area (Å²) in [6, 6.07) is -1.07.